The van der Waals surface area contributed by atoms with Crippen LogP contribution in [0.5, 0.6) is 0 Å². The molecular weight excluding hydrogens is 414 g/mol. The van der Waals surface area contributed by atoms with Gasteiger partial charge >= 0.3 is 0 Å². The fourth-order valence-electron chi connectivity index (χ4n) is 3.93. The molecule has 0 bridgehead atoms. The lowest BCUT2D eigenvalue weighted by Crippen LogP contribution is -2.45. The molecule has 3 aromatic carbocycles. The van der Waals surface area contributed by atoms with Crippen molar-refractivity contribution in [2.75, 3.05) is 43.4 Å². The van der Waals surface area contributed by atoms with Crippen molar-refractivity contribution in [3.8, 4) is 0 Å². The van der Waals surface area contributed by atoms with E-state index in [0.29, 0.717) is 6.54 Å². The maximum Gasteiger partial charge on any atom is 0.251 e. The Bertz CT molecular complexity index is 955. The Kier molecular flexibility index (Phi) is 8.23. The van der Waals surface area contributed by atoms with Crippen molar-refractivity contribution in [1.82, 2.24) is 10.2 Å². The number of carbonyl (C=O) groups is 1. The monoisotopic (exact) mass is 445 g/mol. The molecule has 1 fully saturated rings. The second kappa shape index (κ2) is 11.7. The van der Waals surface area contributed by atoms with Crippen LogP contribution < -0.4 is 10.2 Å². The SMILES string of the molecule is O=C(NCCSCc1ccccc1)c1ccc(CN2CCN(c3ccccc3)CC2)cc1. The van der Waals surface area contributed by atoms with Crippen LogP contribution in [-0.4, -0.2) is 49.3 Å². The van der Waals surface area contributed by atoms with Crippen LogP contribution in [0.25, 0.3) is 0 Å². The summed E-state index contributed by atoms with van der Waals surface area (Å²) >= 11 is 1.84. The summed E-state index contributed by atoms with van der Waals surface area (Å²) in [6.45, 7) is 5.82. The van der Waals surface area contributed by atoms with Gasteiger partial charge in [-0.15, -0.1) is 0 Å². The summed E-state index contributed by atoms with van der Waals surface area (Å²) in [5.41, 5.74) is 4.62. The van der Waals surface area contributed by atoms with Gasteiger partial charge in [-0.1, -0.05) is 60.7 Å². The van der Waals surface area contributed by atoms with E-state index in [1.165, 1.54) is 16.8 Å². The Hall–Kier alpha value is -2.76. The number of hydrogen-bond donors (Lipinski definition) is 1. The molecule has 1 amide bonds. The number of nitrogens with one attached hydrogen (secondary N) is 1. The molecule has 1 saturated heterocycles. The predicted octanol–water partition coefficient (Wildman–Crippen LogP) is 4.67. The Morgan fingerprint density at radius 2 is 1.44 bits per heavy atom. The lowest BCUT2D eigenvalue weighted by atomic mass is 10.1. The minimum Gasteiger partial charge on any atom is -0.369 e. The molecule has 0 spiro atoms. The van der Waals surface area contributed by atoms with Crippen LogP contribution in [0.1, 0.15) is 21.5 Å². The fourth-order valence-corrected chi connectivity index (χ4v) is 4.74. The van der Waals surface area contributed by atoms with Gasteiger partial charge in [0, 0.05) is 62.0 Å². The van der Waals surface area contributed by atoms with Crippen LogP contribution in [0, 0.1) is 0 Å². The van der Waals surface area contributed by atoms with Crippen molar-refractivity contribution in [1.29, 1.82) is 0 Å². The minimum absolute atomic E-state index is 0.00772. The first-order valence-electron chi connectivity index (χ1n) is 11.3. The fraction of sp³-hybridized carbons (Fsp3) is 0.296. The molecule has 0 saturated carbocycles. The molecule has 4 nitrogen and oxygen atoms in total. The highest BCUT2D eigenvalue weighted by Crippen LogP contribution is 2.17. The molecule has 1 aliphatic rings. The summed E-state index contributed by atoms with van der Waals surface area (Å²) in [4.78, 5) is 17.3. The van der Waals surface area contributed by atoms with Gasteiger partial charge in [-0.25, -0.2) is 0 Å². The smallest absolute Gasteiger partial charge is 0.251 e. The molecule has 32 heavy (non-hydrogen) atoms. The van der Waals surface area contributed by atoms with Crippen LogP contribution in [0.4, 0.5) is 5.69 Å². The van der Waals surface area contributed by atoms with E-state index in [2.05, 4.69) is 81.8 Å². The lowest BCUT2D eigenvalue weighted by Gasteiger charge is -2.36. The van der Waals surface area contributed by atoms with Gasteiger partial charge in [-0.05, 0) is 35.4 Å². The zero-order chi connectivity index (χ0) is 22.0. The summed E-state index contributed by atoms with van der Waals surface area (Å²) in [6.07, 6.45) is 0. The highest BCUT2D eigenvalue weighted by molar-refractivity contribution is 7.98. The highest BCUT2D eigenvalue weighted by Gasteiger charge is 2.17. The second-order valence-electron chi connectivity index (χ2n) is 8.09. The molecule has 1 aliphatic heterocycles. The van der Waals surface area contributed by atoms with Crippen molar-refractivity contribution >= 4 is 23.4 Å². The Morgan fingerprint density at radius 1 is 0.781 bits per heavy atom. The Labute approximate surface area is 195 Å². The lowest BCUT2D eigenvalue weighted by molar-refractivity contribution is 0.0956. The van der Waals surface area contributed by atoms with Crippen molar-refractivity contribution < 1.29 is 4.79 Å². The quantitative estimate of drug-likeness (QED) is 0.486. The average Bonchev–Trinajstić information content (AvgIpc) is 2.86. The predicted molar refractivity (Wildman–Crippen MR) is 135 cm³/mol. The molecule has 0 aliphatic carbocycles. The molecule has 0 unspecified atom stereocenters. The van der Waals surface area contributed by atoms with E-state index in [1.54, 1.807) is 0 Å². The summed E-state index contributed by atoms with van der Waals surface area (Å²) in [6, 6.07) is 29.1. The van der Waals surface area contributed by atoms with E-state index in [4.69, 9.17) is 0 Å². The third-order valence-electron chi connectivity index (χ3n) is 5.76. The van der Waals surface area contributed by atoms with Crippen molar-refractivity contribution in [3.05, 3.63) is 102 Å². The van der Waals surface area contributed by atoms with E-state index >= 15 is 0 Å². The third kappa shape index (κ3) is 6.62. The van der Waals surface area contributed by atoms with E-state index in [1.807, 2.05) is 30.0 Å². The van der Waals surface area contributed by atoms with Gasteiger partial charge in [0.05, 0.1) is 0 Å². The molecule has 3 aromatic rings. The number of para-hydroxylation sites is 1. The van der Waals surface area contributed by atoms with Gasteiger partial charge in [-0.3, -0.25) is 9.69 Å². The third-order valence-corrected chi connectivity index (χ3v) is 6.79. The standard InChI is InChI=1S/C27H31N3OS/c31-27(28-15-20-32-22-24-7-3-1-4-8-24)25-13-11-23(12-14-25)21-29-16-18-30(19-17-29)26-9-5-2-6-10-26/h1-14H,15-22H2,(H,28,31). The average molecular weight is 446 g/mol. The van der Waals surface area contributed by atoms with E-state index < -0.39 is 0 Å². The first-order chi connectivity index (χ1) is 15.8. The summed E-state index contributed by atoms with van der Waals surface area (Å²) in [7, 11) is 0. The molecule has 5 heteroatoms. The molecular formula is C27H31N3OS. The summed E-state index contributed by atoms with van der Waals surface area (Å²) in [5.74, 6) is 1.90. The maximum absolute atomic E-state index is 12.4. The zero-order valence-electron chi connectivity index (χ0n) is 18.5. The van der Waals surface area contributed by atoms with Gasteiger partial charge in [0.1, 0.15) is 0 Å². The number of anilines is 1. The van der Waals surface area contributed by atoms with Crippen LogP contribution in [0.2, 0.25) is 0 Å². The van der Waals surface area contributed by atoms with Gasteiger partial charge in [0.25, 0.3) is 5.91 Å². The van der Waals surface area contributed by atoms with E-state index in [0.717, 1.165) is 49.8 Å². The van der Waals surface area contributed by atoms with Crippen molar-refractivity contribution in [2.45, 2.75) is 12.3 Å². The molecule has 4 rings (SSSR count). The number of benzene rings is 3. The summed E-state index contributed by atoms with van der Waals surface area (Å²) < 4.78 is 0. The maximum atomic E-state index is 12.4. The van der Waals surface area contributed by atoms with Gasteiger partial charge in [0.2, 0.25) is 0 Å². The summed E-state index contributed by atoms with van der Waals surface area (Å²) in [5, 5.41) is 3.03. The topological polar surface area (TPSA) is 35.6 Å². The first-order valence-corrected chi connectivity index (χ1v) is 12.4. The molecule has 1 heterocycles. The number of hydrogen-bond acceptors (Lipinski definition) is 4. The largest absolute Gasteiger partial charge is 0.369 e. The highest BCUT2D eigenvalue weighted by atomic mass is 32.2. The number of rotatable bonds is 9. The number of amides is 1. The first kappa shape index (κ1) is 22.4. The molecule has 166 valence electrons. The van der Waals surface area contributed by atoms with Crippen LogP contribution in [-0.2, 0) is 12.3 Å². The zero-order valence-corrected chi connectivity index (χ0v) is 19.3. The van der Waals surface area contributed by atoms with Crippen LogP contribution >= 0.6 is 11.8 Å². The van der Waals surface area contributed by atoms with Crippen molar-refractivity contribution in [3.63, 3.8) is 0 Å². The number of carbonyl (C=O) groups excluding carboxylic acids is 1. The molecule has 0 radical (unpaired) electrons. The number of nitrogens with zero attached hydrogens (tertiary/aromatic N) is 2. The number of piperazine rings is 1. The molecule has 1 N–H and O–H groups in total. The minimum atomic E-state index is 0.00772. The van der Waals surface area contributed by atoms with E-state index in [9.17, 15) is 4.79 Å². The van der Waals surface area contributed by atoms with Crippen molar-refractivity contribution in [2.24, 2.45) is 0 Å². The van der Waals surface area contributed by atoms with Gasteiger partial charge < -0.3 is 10.2 Å². The Morgan fingerprint density at radius 3 is 2.12 bits per heavy atom. The normalized spacial score (nSPS) is 14.3. The molecule has 0 aromatic heterocycles. The molecule has 0 atom stereocenters. The number of thioether (sulfide) groups is 1. The van der Waals surface area contributed by atoms with Crippen LogP contribution in [0.15, 0.2) is 84.9 Å². The van der Waals surface area contributed by atoms with Gasteiger partial charge in [0.15, 0.2) is 0 Å². The second-order valence-corrected chi connectivity index (χ2v) is 9.19. The van der Waals surface area contributed by atoms with E-state index in [-0.39, 0.29) is 5.91 Å². The Balaban J connectivity index is 1.16. The van der Waals surface area contributed by atoms with Gasteiger partial charge in [-0.2, -0.15) is 11.8 Å². The van der Waals surface area contributed by atoms with Crippen LogP contribution in [0.3, 0.4) is 0 Å².